The van der Waals surface area contributed by atoms with Crippen molar-refractivity contribution in [2.45, 2.75) is 26.2 Å². The fourth-order valence-corrected chi connectivity index (χ4v) is 3.45. The van der Waals surface area contributed by atoms with Crippen molar-refractivity contribution in [3.05, 3.63) is 42.1 Å². The van der Waals surface area contributed by atoms with Crippen molar-refractivity contribution >= 4 is 25.7 Å². The van der Waals surface area contributed by atoms with Crippen molar-refractivity contribution in [2.24, 2.45) is 5.92 Å². The Kier molecular flexibility index (Phi) is 5.05. The number of carboxylic acid groups (broad SMARTS) is 1. The zero-order valence-electron chi connectivity index (χ0n) is 15.4. The van der Waals surface area contributed by atoms with E-state index in [0.29, 0.717) is 13.1 Å². The Morgan fingerprint density at radius 3 is 2.65 bits per heavy atom. The molecule has 0 saturated carbocycles. The minimum atomic E-state index is -1.39. The normalized spacial score (nSPS) is 16.4. The monoisotopic (exact) mass is 368 g/mol. The second kappa shape index (κ2) is 7.26. The molecule has 0 aliphatic carbocycles. The van der Waals surface area contributed by atoms with Crippen LogP contribution in [0.2, 0.25) is 19.6 Å². The zero-order chi connectivity index (χ0) is 18.7. The molecule has 0 radical (unpaired) electrons. The molecule has 3 rings (SSSR count). The molecule has 0 saturated heterocycles. The van der Waals surface area contributed by atoms with Crippen LogP contribution in [0.3, 0.4) is 0 Å². The number of anilines is 2. The molecule has 2 aromatic rings. The molecule has 26 heavy (non-hydrogen) atoms. The van der Waals surface area contributed by atoms with Gasteiger partial charge in [-0.1, -0.05) is 25.6 Å². The number of benzene rings is 1. The predicted octanol–water partition coefficient (Wildman–Crippen LogP) is 3.15. The SMILES string of the molecule is C[Si](C)(C)C#Cc1ccc(N2CC(CNC(=O)O)Cn3nccc32)cc1. The van der Waals surface area contributed by atoms with Crippen LogP contribution in [-0.2, 0) is 6.54 Å². The molecular formula is C19H24N4O2Si. The molecule has 2 N–H and O–H groups in total. The maximum atomic E-state index is 10.8. The minimum absolute atomic E-state index is 0.157. The first-order valence-corrected chi connectivity index (χ1v) is 12.2. The lowest BCUT2D eigenvalue weighted by molar-refractivity contribution is 0.191. The van der Waals surface area contributed by atoms with E-state index in [-0.39, 0.29) is 5.92 Å². The summed E-state index contributed by atoms with van der Waals surface area (Å²) in [5.41, 5.74) is 5.46. The smallest absolute Gasteiger partial charge is 0.404 e. The van der Waals surface area contributed by atoms with E-state index in [1.807, 2.05) is 22.9 Å². The standard InChI is InChI=1S/C19H24N4O2Si/c1-26(2,3)11-9-15-4-6-17(7-5-15)22-13-16(12-20-19(24)25)14-23-18(22)8-10-21-23/h4-8,10,16,20H,12-14H2,1-3H3,(H,24,25). The van der Waals surface area contributed by atoms with Crippen LogP contribution in [-0.4, -0.2) is 42.1 Å². The number of hydrogen-bond donors (Lipinski definition) is 2. The third kappa shape index (κ3) is 4.46. The van der Waals surface area contributed by atoms with Crippen LogP contribution in [0.15, 0.2) is 36.5 Å². The molecule has 1 amide bonds. The molecule has 1 aliphatic heterocycles. The molecule has 0 spiro atoms. The van der Waals surface area contributed by atoms with Crippen LogP contribution < -0.4 is 10.2 Å². The lowest BCUT2D eigenvalue weighted by Crippen LogP contribution is -2.41. The van der Waals surface area contributed by atoms with Gasteiger partial charge in [0.2, 0.25) is 0 Å². The highest BCUT2D eigenvalue weighted by Gasteiger charge is 2.26. The Morgan fingerprint density at radius 2 is 2.00 bits per heavy atom. The van der Waals surface area contributed by atoms with Gasteiger partial charge in [0.1, 0.15) is 13.9 Å². The van der Waals surface area contributed by atoms with Crippen LogP contribution >= 0.6 is 0 Å². The quantitative estimate of drug-likeness (QED) is 0.645. The lowest BCUT2D eigenvalue weighted by atomic mass is 10.1. The average Bonchev–Trinajstić information content (AvgIpc) is 3.06. The number of hydrogen-bond acceptors (Lipinski definition) is 3. The van der Waals surface area contributed by atoms with Crippen LogP contribution in [0.25, 0.3) is 0 Å². The number of rotatable bonds is 3. The van der Waals surface area contributed by atoms with Crippen molar-refractivity contribution in [3.8, 4) is 11.5 Å². The van der Waals surface area contributed by atoms with Gasteiger partial charge >= 0.3 is 6.09 Å². The largest absolute Gasteiger partial charge is 0.465 e. The minimum Gasteiger partial charge on any atom is -0.465 e. The Balaban J connectivity index is 1.81. The molecule has 0 bridgehead atoms. The maximum Gasteiger partial charge on any atom is 0.404 e. The van der Waals surface area contributed by atoms with E-state index in [1.165, 1.54) is 0 Å². The molecule has 1 aromatic heterocycles. The van der Waals surface area contributed by atoms with Gasteiger partial charge < -0.3 is 15.3 Å². The third-order valence-corrected chi connectivity index (χ3v) is 5.02. The van der Waals surface area contributed by atoms with Gasteiger partial charge in [-0.25, -0.2) is 9.48 Å². The van der Waals surface area contributed by atoms with E-state index < -0.39 is 14.2 Å². The topological polar surface area (TPSA) is 70.4 Å². The second-order valence-electron chi connectivity index (χ2n) is 7.58. The van der Waals surface area contributed by atoms with Crippen LogP contribution in [0.1, 0.15) is 5.56 Å². The van der Waals surface area contributed by atoms with Gasteiger partial charge in [0.15, 0.2) is 0 Å². The number of amides is 1. The van der Waals surface area contributed by atoms with Gasteiger partial charge in [-0.2, -0.15) is 5.10 Å². The van der Waals surface area contributed by atoms with Crippen LogP contribution in [0.4, 0.5) is 16.3 Å². The third-order valence-electron chi connectivity index (χ3n) is 4.15. The molecule has 2 heterocycles. The van der Waals surface area contributed by atoms with Gasteiger partial charge in [0.05, 0.1) is 6.20 Å². The Morgan fingerprint density at radius 1 is 1.27 bits per heavy atom. The van der Waals surface area contributed by atoms with Crippen molar-refractivity contribution in [3.63, 3.8) is 0 Å². The Labute approximate surface area is 154 Å². The van der Waals surface area contributed by atoms with Crippen molar-refractivity contribution in [1.82, 2.24) is 15.1 Å². The maximum absolute atomic E-state index is 10.8. The van der Waals surface area contributed by atoms with Crippen LogP contribution in [0.5, 0.6) is 0 Å². The van der Waals surface area contributed by atoms with Crippen molar-refractivity contribution in [2.75, 3.05) is 18.0 Å². The summed E-state index contributed by atoms with van der Waals surface area (Å²) in [6.45, 7) is 8.55. The van der Waals surface area contributed by atoms with Gasteiger partial charge in [-0.05, 0) is 24.3 Å². The highest BCUT2D eigenvalue weighted by molar-refractivity contribution is 6.83. The molecule has 1 unspecified atom stereocenters. The summed E-state index contributed by atoms with van der Waals surface area (Å²) in [7, 11) is -1.39. The number of nitrogens with zero attached hydrogens (tertiary/aromatic N) is 3. The summed E-state index contributed by atoms with van der Waals surface area (Å²) < 4.78 is 1.93. The van der Waals surface area contributed by atoms with Crippen LogP contribution in [0, 0.1) is 17.4 Å². The zero-order valence-corrected chi connectivity index (χ0v) is 16.4. The fourth-order valence-electron chi connectivity index (χ4n) is 2.93. The Hall–Kier alpha value is -2.72. The highest BCUT2D eigenvalue weighted by atomic mass is 28.3. The average molecular weight is 369 g/mol. The summed E-state index contributed by atoms with van der Waals surface area (Å²) in [5, 5.41) is 15.7. The molecule has 0 fully saturated rings. The van der Waals surface area contributed by atoms with Crippen molar-refractivity contribution in [1.29, 1.82) is 0 Å². The second-order valence-corrected chi connectivity index (χ2v) is 12.3. The van der Waals surface area contributed by atoms with E-state index in [4.69, 9.17) is 5.11 Å². The summed E-state index contributed by atoms with van der Waals surface area (Å²) in [6.07, 6.45) is 0.788. The number of nitrogens with one attached hydrogen (secondary N) is 1. The fraction of sp³-hybridized carbons (Fsp3) is 0.368. The summed E-state index contributed by atoms with van der Waals surface area (Å²) >= 11 is 0. The summed E-state index contributed by atoms with van der Waals surface area (Å²) in [4.78, 5) is 13.0. The number of aromatic nitrogens is 2. The molecular weight excluding hydrogens is 344 g/mol. The van der Waals surface area contributed by atoms with Gasteiger partial charge in [-0.15, -0.1) is 5.54 Å². The van der Waals surface area contributed by atoms with Gasteiger partial charge in [0, 0.05) is 42.9 Å². The first kappa shape index (κ1) is 18.1. The highest BCUT2D eigenvalue weighted by Crippen LogP contribution is 2.30. The van der Waals surface area contributed by atoms with Gasteiger partial charge in [-0.3, -0.25) is 0 Å². The molecule has 1 aromatic carbocycles. The molecule has 6 nitrogen and oxygen atoms in total. The van der Waals surface area contributed by atoms with E-state index >= 15 is 0 Å². The number of fused-ring (bicyclic) bond motifs is 1. The lowest BCUT2D eigenvalue weighted by Gasteiger charge is -2.34. The first-order valence-electron chi connectivity index (χ1n) is 8.71. The van der Waals surface area contributed by atoms with Crippen molar-refractivity contribution < 1.29 is 9.90 Å². The molecule has 136 valence electrons. The van der Waals surface area contributed by atoms with E-state index in [9.17, 15) is 4.79 Å². The van der Waals surface area contributed by atoms with Gasteiger partial charge in [0.25, 0.3) is 0 Å². The summed E-state index contributed by atoms with van der Waals surface area (Å²) in [5.74, 6) is 4.45. The molecule has 1 atom stereocenters. The Bertz CT molecular complexity index is 843. The van der Waals surface area contributed by atoms with E-state index in [2.05, 4.69) is 58.6 Å². The predicted molar refractivity (Wildman–Crippen MR) is 105 cm³/mol. The molecule has 7 heteroatoms. The van der Waals surface area contributed by atoms with E-state index in [1.54, 1.807) is 6.20 Å². The van der Waals surface area contributed by atoms with E-state index in [0.717, 1.165) is 23.6 Å². The first-order chi connectivity index (χ1) is 12.3. The molecule has 1 aliphatic rings. The summed E-state index contributed by atoms with van der Waals surface area (Å²) in [6, 6.07) is 10.2. The number of carbonyl (C=O) groups is 1.